The summed E-state index contributed by atoms with van der Waals surface area (Å²) in [5.41, 5.74) is 0. The van der Waals surface area contributed by atoms with Crippen LogP contribution in [0.15, 0.2) is 18.7 Å². The zero-order chi connectivity index (χ0) is 10.5. The van der Waals surface area contributed by atoms with Crippen LogP contribution in [0.5, 0.6) is 0 Å². The summed E-state index contributed by atoms with van der Waals surface area (Å²) in [4.78, 5) is 6.17. The van der Waals surface area contributed by atoms with Gasteiger partial charge in [0.05, 0.1) is 32.2 Å². The number of nitrogens with zero attached hydrogens (tertiary/aromatic N) is 3. The molecule has 1 saturated heterocycles. The first-order valence-corrected chi connectivity index (χ1v) is 5.28. The fourth-order valence-corrected chi connectivity index (χ4v) is 1.78. The highest BCUT2D eigenvalue weighted by Gasteiger charge is 2.14. The summed E-state index contributed by atoms with van der Waals surface area (Å²) >= 11 is 0. The number of β-amino-alcohol motifs (C(OH)–C–C–N with tert-alkyl or cyclic N) is 1. The number of morpholine rings is 1. The molecule has 0 spiro atoms. The molecule has 1 fully saturated rings. The van der Waals surface area contributed by atoms with Crippen LogP contribution in [0.2, 0.25) is 0 Å². The predicted octanol–water partition coefficient (Wildman–Crippen LogP) is -0.424. The maximum atomic E-state index is 9.84. The van der Waals surface area contributed by atoms with Crippen molar-refractivity contribution in [2.75, 3.05) is 32.8 Å². The van der Waals surface area contributed by atoms with Crippen LogP contribution in [0, 0.1) is 0 Å². The van der Waals surface area contributed by atoms with Gasteiger partial charge in [0, 0.05) is 32.0 Å². The minimum atomic E-state index is -0.336. The molecule has 1 N–H and O–H groups in total. The summed E-state index contributed by atoms with van der Waals surface area (Å²) in [6.07, 6.45) is 4.98. The lowest BCUT2D eigenvalue weighted by atomic mass is 10.3. The van der Waals surface area contributed by atoms with Gasteiger partial charge in [-0.3, -0.25) is 4.90 Å². The maximum Gasteiger partial charge on any atom is 0.0946 e. The van der Waals surface area contributed by atoms with E-state index in [4.69, 9.17) is 4.74 Å². The number of aliphatic hydroxyl groups excluding tert-OH is 1. The van der Waals surface area contributed by atoms with Crippen LogP contribution in [0.25, 0.3) is 0 Å². The first kappa shape index (κ1) is 10.6. The monoisotopic (exact) mass is 211 g/mol. The topological polar surface area (TPSA) is 50.5 Å². The van der Waals surface area contributed by atoms with E-state index in [1.807, 2.05) is 10.8 Å². The lowest BCUT2D eigenvalue weighted by molar-refractivity contribution is 0.0115. The van der Waals surface area contributed by atoms with Crippen molar-refractivity contribution in [1.29, 1.82) is 0 Å². The molecule has 1 aromatic heterocycles. The first-order valence-electron chi connectivity index (χ1n) is 5.28. The van der Waals surface area contributed by atoms with Gasteiger partial charge in [-0.15, -0.1) is 0 Å². The largest absolute Gasteiger partial charge is 0.390 e. The van der Waals surface area contributed by atoms with Crippen molar-refractivity contribution >= 4 is 0 Å². The SMILES string of the molecule is OC(CN1CCOCC1)Cn1ccnc1. The molecule has 15 heavy (non-hydrogen) atoms. The minimum Gasteiger partial charge on any atom is -0.390 e. The number of aromatic nitrogens is 2. The molecule has 1 aromatic rings. The highest BCUT2D eigenvalue weighted by atomic mass is 16.5. The summed E-state index contributed by atoms with van der Waals surface area (Å²) in [5, 5.41) is 9.84. The third-order valence-corrected chi connectivity index (χ3v) is 2.55. The molecule has 0 radical (unpaired) electrons. The highest BCUT2D eigenvalue weighted by molar-refractivity contribution is 4.77. The zero-order valence-electron chi connectivity index (χ0n) is 8.75. The second kappa shape index (κ2) is 5.25. The summed E-state index contributed by atoms with van der Waals surface area (Å²) in [6, 6.07) is 0. The number of aliphatic hydroxyl groups is 1. The van der Waals surface area contributed by atoms with Crippen molar-refractivity contribution in [3.05, 3.63) is 18.7 Å². The molecule has 5 nitrogen and oxygen atoms in total. The van der Waals surface area contributed by atoms with Crippen molar-refractivity contribution in [3.8, 4) is 0 Å². The molecule has 2 rings (SSSR count). The lowest BCUT2D eigenvalue weighted by Gasteiger charge is -2.28. The molecule has 1 unspecified atom stereocenters. The first-order chi connectivity index (χ1) is 7.34. The highest BCUT2D eigenvalue weighted by Crippen LogP contribution is 2.00. The van der Waals surface area contributed by atoms with Gasteiger partial charge in [0.15, 0.2) is 0 Å². The number of hydrogen-bond acceptors (Lipinski definition) is 4. The van der Waals surface area contributed by atoms with Crippen LogP contribution < -0.4 is 0 Å². The Morgan fingerprint density at radius 1 is 1.33 bits per heavy atom. The van der Waals surface area contributed by atoms with E-state index in [1.165, 1.54) is 0 Å². The van der Waals surface area contributed by atoms with Crippen LogP contribution in [0.4, 0.5) is 0 Å². The average Bonchev–Trinajstić information content (AvgIpc) is 2.71. The number of ether oxygens (including phenoxy) is 1. The van der Waals surface area contributed by atoms with Crippen LogP contribution in [-0.2, 0) is 11.3 Å². The van der Waals surface area contributed by atoms with Gasteiger partial charge >= 0.3 is 0 Å². The van der Waals surface area contributed by atoms with Gasteiger partial charge in [-0.2, -0.15) is 0 Å². The van der Waals surface area contributed by atoms with E-state index in [9.17, 15) is 5.11 Å². The Morgan fingerprint density at radius 2 is 2.13 bits per heavy atom. The van der Waals surface area contributed by atoms with Crippen molar-refractivity contribution in [2.45, 2.75) is 12.6 Å². The molecule has 1 atom stereocenters. The molecular weight excluding hydrogens is 194 g/mol. The van der Waals surface area contributed by atoms with E-state index in [0.717, 1.165) is 26.3 Å². The normalized spacial score (nSPS) is 20.3. The molecule has 84 valence electrons. The van der Waals surface area contributed by atoms with Gasteiger partial charge < -0.3 is 14.4 Å². The van der Waals surface area contributed by atoms with Gasteiger partial charge in [-0.25, -0.2) is 4.98 Å². The van der Waals surface area contributed by atoms with E-state index < -0.39 is 0 Å². The summed E-state index contributed by atoms with van der Waals surface area (Å²) < 4.78 is 7.14. The number of rotatable bonds is 4. The number of imidazole rings is 1. The fourth-order valence-electron chi connectivity index (χ4n) is 1.78. The lowest BCUT2D eigenvalue weighted by Crippen LogP contribution is -2.41. The summed E-state index contributed by atoms with van der Waals surface area (Å²) in [6.45, 7) is 4.70. The standard InChI is InChI=1S/C10H17N3O2/c14-10(8-13-2-1-11-9-13)7-12-3-5-15-6-4-12/h1-2,9-10,14H,3-8H2. The number of hydrogen-bond donors (Lipinski definition) is 1. The van der Waals surface area contributed by atoms with E-state index in [2.05, 4.69) is 9.88 Å². The fraction of sp³-hybridized carbons (Fsp3) is 0.700. The van der Waals surface area contributed by atoms with Gasteiger partial charge in [0.25, 0.3) is 0 Å². The van der Waals surface area contributed by atoms with E-state index >= 15 is 0 Å². The smallest absolute Gasteiger partial charge is 0.0946 e. The Hall–Kier alpha value is -0.910. The van der Waals surface area contributed by atoms with E-state index in [0.29, 0.717) is 13.1 Å². The van der Waals surface area contributed by atoms with Gasteiger partial charge in [-0.05, 0) is 0 Å². The molecular formula is C10H17N3O2. The van der Waals surface area contributed by atoms with Crippen LogP contribution in [-0.4, -0.2) is 58.5 Å². The Balaban J connectivity index is 1.74. The molecule has 1 aliphatic heterocycles. The summed E-state index contributed by atoms with van der Waals surface area (Å²) in [5.74, 6) is 0. The van der Waals surface area contributed by atoms with Crippen molar-refractivity contribution in [2.24, 2.45) is 0 Å². The Kier molecular flexibility index (Phi) is 3.71. The van der Waals surface area contributed by atoms with Crippen LogP contribution in [0.1, 0.15) is 0 Å². The summed E-state index contributed by atoms with van der Waals surface area (Å²) in [7, 11) is 0. The molecule has 0 aromatic carbocycles. The van der Waals surface area contributed by atoms with Crippen LogP contribution >= 0.6 is 0 Å². The van der Waals surface area contributed by atoms with E-state index in [1.54, 1.807) is 12.5 Å². The van der Waals surface area contributed by atoms with Crippen LogP contribution in [0.3, 0.4) is 0 Å². The van der Waals surface area contributed by atoms with Gasteiger partial charge in [-0.1, -0.05) is 0 Å². The predicted molar refractivity (Wildman–Crippen MR) is 55.5 cm³/mol. The van der Waals surface area contributed by atoms with Gasteiger partial charge in [0.2, 0.25) is 0 Å². The molecule has 0 bridgehead atoms. The Labute approximate surface area is 89.3 Å². The second-order valence-corrected chi connectivity index (χ2v) is 3.83. The average molecular weight is 211 g/mol. The van der Waals surface area contributed by atoms with Crippen molar-refractivity contribution in [1.82, 2.24) is 14.5 Å². The third kappa shape index (κ3) is 3.30. The third-order valence-electron chi connectivity index (χ3n) is 2.55. The molecule has 0 amide bonds. The Bertz CT molecular complexity index is 270. The van der Waals surface area contributed by atoms with Crippen molar-refractivity contribution < 1.29 is 9.84 Å². The van der Waals surface area contributed by atoms with Crippen molar-refractivity contribution in [3.63, 3.8) is 0 Å². The van der Waals surface area contributed by atoms with Gasteiger partial charge in [0.1, 0.15) is 0 Å². The maximum absolute atomic E-state index is 9.84. The molecule has 0 saturated carbocycles. The zero-order valence-corrected chi connectivity index (χ0v) is 8.75. The molecule has 0 aliphatic carbocycles. The van der Waals surface area contributed by atoms with E-state index in [-0.39, 0.29) is 6.10 Å². The second-order valence-electron chi connectivity index (χ2n) is 3.83. The molecule has 1 aliphatic rings. The molecule has 2 heterocycles. The molecule has 5 heteroatoms. The minimum absolute atomic E-state index is 0.336. The quantitative estimate of drug-likeness (QED) is 0.734. The Morgan fingerprint density at radius 3 is 2.80 bits per heavy atom.